The Kier molecular flexibility index (Phi) is 11.3. The topological polar surface area (TPSA) is 75.7 Å². The van der Waals surface area contributed by atoms with Gasteiger partial charge in [-0.3, -0.25) is 4.57 Å². The molecule has 74 heavy (non-hydrogen) atoms. The number of hydrogen-bond acceptors (Lipinski definition) is 8. The molecular weight excluding hydrogens is 911 g/mol. The molecule has 10 aromatic carbocycles. The molecule has 0 bridgehead atoms. The molecule has 9 nitrogen and oxygen atoms in total. The van der Waals surface area contributed by atoms with Crippen molar-refractivity contribution in [2.75, 3.05) is 14.7 Å². The van der Waals surface area contributed by atoms with Gasteiger partial charge in [0.1, 0.15) is 5.82 Å². The molecular formula is C65H45N7O2. The maximum absolute atomic E-state index is 6.09. The zero-order valence-electron chi connectivity index (χ0n) is 39.9. The van der Waals surface area contributed by atoms with Crippen molar-refractivity contribution >= 4 is 51.2 Å². The van der Waals surface area contributed by atoms with Gasteiger partial charge in [0.05, 0.1) is 46.0 Å². The zero-order chi connectivity index (χ0) is 49.2. The van der Waals surface area contributed by atoms with Crippen LogP contribution < -0.4 is 19.4 Å². The van der Waals surface area contributed by atoms with Crippen molar-refractivity contribution in [3.05, 3.63) is 273 Å². The van der Waals surface area contributed by atoms with E-state index in [1.165, 1.54) is 0 Å². The average Bonchev–Trinajstić information content (AvgIpc) is 4.18. The molecule has 12 aromatic rings. The summed E-state index contributed by atoms with van der Waals surface area (Å²) in [6, 6.07) is 91.4. The molecule has 2 aliphatic rings. The second-order valence-corrected chi connectivity index (χ2v) is 17.7. The summed E-state index contributed by atoms with van der Waals surface area (Å²) in [6.07, 6.45) is 1.97. The van der Waals surface area contributed by atoms with Crippen LogP contribution in [0.4, 0.5) is 51.2 Å². The molecule has 0 atom stereocenters. The smallest absolute Gasteiger partial charge is 0.248 e. The average molecular weight is 956 g/mol. The second kappa shape index (κ2) is 19.2. The van der Waals surface area contributed by atoms with E-state index in [-0.39, 0.29) is 0 Å². The number of benzene rings is 10. The summed E-state index contributed by atoms with van der Waals surface area (Å²) in [5.41, 5.74) is 15.9. The van der Waals surface area contributed by atoms with E-state index in [0.29, 0.717) is 11.8 Å². The molecule has 0 N–H and O–H groups in total. The number of ether oxygens (including phenoxy) is 1. The van der Waals surface area contributed by atoms with E-state index in [0.717, 1.165) is 102 Å². The maximum atomic E-state index is 6.09. The molecule has 0 saturated heterocycles. The summed E-state index contributed by atoms with van der Waals surface area (Å²) in [6.45, 7) is 0. The number of rotatable bonds is 8. The van der Waals surface area contributed by atoms with Crippen LogP contribution in [-0.4, -0.2) is 19.7 Å². The van der Waals surface area contributed by atoms with Crippen LogP contribution in [0.1, 0.15) is 0 Å². The first-order valence-corrected chi connectivity index (χ1v) is 24.5. The zero-order valence-corrected chi connectivity index (χ0v) is 39.9. The van der Waals surface area contributed by atoms with Crippen LogP contribution in [0.3, 0.4) is 0 Å². The molecule has 0 unspecified atom stereocenters. The largest absolute Gasteiger partial charge is 0.453 e. The first kappa shape index (κ1) is 43.7. The fourth-order valence-corrected chi connectivity index (χ4v) is 9.82. The van der Waals surface area contributed by atoms with Crippen molar-refractivity contribution in [2.24, 2.45) is 0 Å². The summed E-state index contributed by atoms with van der Waals surface area (Å²) in [4.78, 5) is 11.8. The molecule has 352 valence electrons. The van der Waals surface area contributed by atoms with Crippen molar-refractivity contribution in [3.63, 3.8) is 0 Å². The number of fused-ring (bicyclic) bond motifs is 4. The normalized spacial score (nSPS) is 12.1. The Morgan fingerprint density at radius 1 is 0.284 bits per heavy atom. The first-order chi connectivity index (χ1) is 36.7. The van der Waals surface area contributed by atoms with Crippen LogP contribution in [0.2, 0.25) is 0 Å². The van der Waals surface area contributed by atoms with Crippen LogP contribution in [0.25, 0.3) is 51.2 Å². The summed E-state index contributed by atoms with van der Waals surface area (Å²) < 4.78 is 14.2. The fraction of sp³-hybridized carbons (Fsp3) is 0. The van der Waals surface area contributed by atoms with E-state index in [4.69, 9.17) is 14.1 Å². The highest BCUT2D eigenvalue weighted by Crippen LogP contribution is 2.54. The van der Waals surface area contributed by atoms with Gasteiger partial charge in [-0.1, -0.05) is 146 Å². The Labute approximate surface area is 428 Å². The predicted octanol–water partition coefficient (Wildman–Crippen LogP) is 17.4. The third kappa shape index (κ3) is 8.10. The van der Waals surface area contributed by atoms with E-state index in [1.807, 2.05) is 97.2 Å². The molecule has 14 rings (SSSR count). The molecule has 2 aromatic heterocycles. The molecule has 2 aliphatic heterocycles. The van der Waals surface area contributed by atoms with E-state index in [2.05, 4.69) is 205 Å². The Morgan fingerprint density at radius 3 is 1.14 bits per heavy atom. The first-order valence-electron chi connectivity index (χ1n) is 24.5. The fourth-order valence-electron chi connectivity index (χ4n) is 9.82. The van der Waals surface area contributed by atoms with Crippen molar-refractivity contribution in [1.82, 2.24) is 19.7 Å². The lowest BCUT2D eigenvalue weighted by Crippen LogP contribution is -2.23. The van der Waals surface area contributed by atoms with Crippen molar-refractivity contribution in [2.45, 2.75) is 0 Å². The third-order valence-electron chi connectivity index (χ3n) is 13.2. The Balaban J connectivity index is 0.000000151. The minimum atomic E-state index is 0.494. The van der Waals surface area contributed by atoms with Crippen LogP contribution in [-0.2, 0) is 0 Å². The van der Waals surface area contributed by atoms with Gasteiger partial charge in [-0.15, -0.1) is 10.2 Å². The van der Waals surface area contributed by atoms with Crippen LogP contribution in [0.5, 0.6) is 11.5 Å². The van der Waals surface area contributed by atoms with Gasteiger partial charge in [0.15, 0.2) is 11.5 Å². The monoisotopic (exact) mass is 955 g/mol. The van der Waals surface area contributed by atoms with Crippen molar-refractivity contribution in [3.8, 4) is 62.7 Å². The standard InChI is InChI=1S/C39H28N4.C26H17N3O2/c1-4-14-29(15-5-1)38-28-40-39(30-16-6-2-7-17-30)43(38)33-26-24-32(25-27-33)42-36-22-12-10-20-34(36)41(31-18-8-3-9-19-31)35-21-11-13-23-37(35)42;1-2-8-18(9-3-1)25-27-28-26(31-25)19-14-16-20(17-15-19)29-21-10-4-6-12-23(21)30-24-13-7-5-11-22(24)29/h1-28H;1-17H. The van der Waals surface area contributed by atoms with Crippen LogP contribution in [0, 0.1) is 0 Å². The number of imidazole rings is 1. The highest BCUT2D eigenvalue weighted by atomic mass is 16.5. The van der Waals surface area contributed by atoms with Gasteiger partial charge in [0, 0.05) is 45.0 Å². The van der Waals surface area contributed by atoms with Crippen LogP contribution >= 0.6 is 0 Å². The number of nitrogens with zero attached hydrogens (tertiary/aromatic N) is 7. The van der Waals surface area contributed by atoms with E-state index < -0.39 is 0 Å². The van der Waals surface area contributed by atoms with Crippen molar-refractivity contribution < 1.29 is 9.15 Å². The molecule has 0 amide bonds. The van der Waals surface area contributed by atoms with E-state index in [1.54, 1.807) is 0 Å². The minimum absolute atomic E-state index is 0.494. The molecule has 0 saturated carbocycles. The summed E-state index contributed by atoms with van der Waals surface area (Å²) in [5, 5.41) is 8.42. The number of aromatic nitrogens is 4. The number of anilines is 9. The van der Waals surface area contributed by atoms with Gasteiger partial charge in [0.25, 0.3) is 0 Å². The van der Waals surface area contributed by atoms with Gasteiger partial charge in [-0.2, -0.15) is 0 Å². The lowest BCUT2D eigenvalue weighted by atomic mass is 10.0. The molecule has 4 heterocycles. The molecule has 0 spiro atoms. The Hall–Kier alpha value is -10.3. The highest BCUT2D eigenvalue weighted by molar-refractivity contribution is 6.01. The molecule has 0 aliphatic carbocycles. The SMILES string of the molecule is c1ccc(-c2cnc(-c3ccccc3)n2-c2ccc(N3c4ccccc4N(c4ccccc4)c4ccccc43)cc2)cc1.c1ccc(-c2nnc(-c3ccc(N4c5ccccc5Oc5ccccc54)cc3)o2)cc1. The van der Waals surface area contributed by atoms with Gasteiger partial charge >= 0.3 is 0 Å². The lowest BCUT2D eigenvalue weighted by Gasteiger charge is -2.40. The van der Waals surface area contributed by atoms with Gasteiger partial charge in [0.2, 0.25) is 11.8 Å². The van der Waals surface area contributed by atoms with E-state index in [9.17, 15) is 0 Å². The highest BCUT2D eigenvalue weighted by Gasteiger charge is 2.30. The minimum Gasteiger partial charge on any atom is -0.453 e. The lowest BCUT2D eigenvalue weighted by molar-refractivity contribution is 0.477. The quantitative estimate of drug-likeness (QED) is 0.149. The maximum Gasteiger partial charge on any atom is 0.248 e. The molecule has 0 fully saturated rings. The van der Waals surface area contributed by atoms with Gasteiger partial charge < -0.3 is 23.9 Å². The van der Waals surface area contributed by atoms with Crippen LogP contribution in [0.15, 0.2) is 278 Å². The molecule has 0 radical (unpaired) electrons. The van der Waals surface area contributed by atoms with E-state index >= 15 is 0 Å². The molecule has 9 heteroatoms. The second-order valence-electron chi connectivity index (χ2n) is 17.7. The summed E-state index contributed by atoms with van der Waals surface area (Å²) in [7, 11) is 0. The van der Waals surface area contributed by atoms with Gasteiger partial charge in [-0.25, -0.2) is 4.98 Å². The summed E-state index contributed by atoms with van der Waals surface area (Å²) >= 11 is 0. The number of para-hydroxylation sites is 9. The van der Waals surface area contributed by atoms with Gasteiger partial charge in [-0.05, 0) is 121 Å². The summed E-state index contributed by atoms with van der Waals surface area (Å²) in [5.74, 6) is 3.58. The predicted molar refractivity (Wildman–Crippen MR) is 297 cm³/mol. The third-order valence-corrected chi connectivity index (χ3v) is 13.2. The van der Waals surface area contributed by atoms with Crippen molar-refractivity contribution in [1.29, 1.82) is 0 Å². The number of hydrogen-bond donors (Lipinski definition) is 0. The Bertz CT molecular complexity index is 3730. The Morgan fingerprint density at radius 2 is 0.635 bits per heavy atom.